The number of aliphatic hydroxyl groups is 1. The fraction of sp³-hybridized carbons (Fsp3) is 0.481. The number of amides is 1. The number of aliphatic hydroxyl groups excluding tert-OH is 1. The normalized spacial score (nSPS) is 15.4. The topological polar surface area (TPSA) is 79.6 Å². The van der Waals surface area contributed by atoms with Crippen LogP contribution >= 0.6 is 0 Å². The van der Waals surface area contributed by atoms with Crippen LogP contribution in [-0.2, 0) is 6.54 Å². The first-order chi connectivity index (χ1) is 17.3. The van der Waals surface area contributed by atoms with Crippen LogP contribution in [0.5, 0.6) is 11.5 Å². The molecule has 194 valence electrons. The van der Waals surface area contributed by atoms with Crippen molar-refractivity contribution in [1.29, 1.82) is 0 Å². The third-order valence-electron chi connectivity index (χ3n) is 6.44. The van der Waals surface area contributed by atoms with Crippen LogP contribution in [-0.4, -0.2) is 58.0 Å². The van der Waals surface area contributed by atoms with Gasteiger partial charge in [0.25, 0.3) is 5.91 Å². The van der Waals surface area contributed by atoms with Crippen LogP contribution < -0.4 is 10.1 Å². The molecule has 1 aromatic heterocycles. The van der Waals surface area contributed by atoms with Gasteiger partial charge in [0.15, 0.2) is 11.6 Å². The van der Waals surface area contributed by atoms with Gasteiger partial charge >= 0.3 is 0 Å². The molecule has 1 fully saturated rings. The summed E-state index contributed by atoms with van der Waals surface area (Å²) in [6.07, 6.45) is 5.85. The second kappa shape index (κ2) is 11.8. The molecule has 2 N–H and O–H groups in total. The van der Waals surface area contributed by atoms with E-state index in [1.165, 1.54) is 25.3 Å². The predicted octanol–water partition coefficient (Wildman–Crippen LogP) is 4.73. The van der Waals surface area contributed by atoms with Gasteiger partial charge in [0.05, 0.1) is 29.9 Å². The van der Waals surface area contributed by atoms with Crippen LogP contribution in [0.3, 0.4) is 0 Å². The largest absolute Gasteiger partial charge is 0.453 e. The molecule has 0 aliphatic carbocycles. The van der Waals surface area contributed by atoms with E-state index in [2.05, 4.69) is 29.2 Å². The number of aromatic nitrogens is 2. The van der Waals surface area contributed by atoms with E-state index in [9.17, 15) is 18.7 Å². The van der Waals surface area contributed by atoms with Crippen LogP contribution in [0.15, 0.2) is 36.5 Å². The van der Waals surface area contributed by atoms with Crippen molar-refractivity contribution in [2.45, 2.75) is 52.1 Å². The van der Waals surface area contributed by atoms with Crippen LogP contribution in [0.1, 0.15) is 49.9 Å². The number of halogens is 2. The molecule has 3 aromatic rings. The van der Waals surface area contributed by atoms with Crippen LogP contribution in [0.4, 0.5) is 8.78 Å². The number of hydrogen-bond acceptors (Lipinski definition) is 5. The molecule has 4 rings (SSSR count). The first kappa shape index (κ1) is 26.0. The van der Waals surface area contributed by atoms with E-state index in [1.54, 1.807) is 18.3 Å². The molecular formula is C27H34F2N4O3. The Balaban J connectivity index is 1.61. The number of fused-ring (bicyclic) bond motifs is 1. The maximum atomic E-state index is 14.4. The molecule has 1 aliphatic heterocycles. The lowest BCUT2D eigenvalue weighted by atomic mass is 10.1. The molecule has 7 nitrogen and oxygen atoms in total. The van der Waals surface area contributed by atoms with E-state index >= 15 is 0 Å². The van der Waals surface area contributed by atoms with Gasteiger partial charge in [-0.2, -0.15) is 5.10 Å². The SMILES string of the molecule is CC(C)Cn1ncc2cc(Oc3ccc(F)cc3F)c(C(=O)NC(CO)CCN3CCCCC3)cc21. The summed E-state index contributed by atoms with van der Waals surface area (Å²) in [4.78, 5) is 15.8. The molecule has 1 saturated heterocycles. The number of rotatable bonds is 10. The Bertz CT molecular complexity index is 1190. The monoisotopic (exact) mass is 500 g/mol. The van der Waals surface area contributed by atoms with E-state index < -0.39 is 23.6 Å². The Labute approximate surface area is 210 Å². The molecule has 1 amide bonds. The summed E-state index contributed by atoms with van der Waals surface area (Å²) in [5.41, 5.74) is 0.933. The maximum Gasteiger partial charge on any atom is 0.255 e. The molecule has 0 spiro atoms. The summed E-state index contributed by atoms with van der Waals surface area (Å²) in [7, 11) is 0. The second-order valence-electron chi connectivity index (χ2n) is 9.85. The van der Waals surface area contributed by atoms with Gasteiger partial charge in [0.1, 0.15) is 11.6 Å². The minimum atomic E-state index is -0.869. The first-order valence-electron chi connectivity index (χ1n) is 12.6. The number of ether oxygens (including phenoxy) is 1. The standard InChI is InChI=1S/C27H34F2N4O3/c1-18(2)16-33-24-14-22(27(35)31-21(17-34)8-11-32-9-4-3-5-10-32)26(12-19(24)15-30-33)36-25-7-6-20(28)13-23(25)29/h6-7,12-15,18,21,34H,3-5,8-11,16-17H2,1-2H3,(H,31,35). The molecule has 1 unspecified atom stereocenters. The second-order valence-corrected chi connectivity index (χ2v) is 9.85. The van der Waals surface area contributed by atoms with Crippen molar-refractivity contribution >= 4 is 16.8 Å². The van der Waals surface area contributed by atoms with Crippen molar-refractivity contribution in [1.82, 2.24) is 20.0 Å². The zero-order chi connectivity index (χ0) is 25.7. The minimum Gasteiger partial charge on any atom is -0.453 e. The van der Waals surface area contributed by atoms with Crippen LogP contribution in [0, 0.1) is 17.6 Å². The highest BCUT2D eigenvalue weighted by molar-refractivity contribution is 6.01. The lowest BCUT2D eigenvalue weighted by Crippen LogP contribution is -2.41. The fourth-order valence-electron chi connectivity index (χ4n) is 4.53. The van der Waals surface area contributed by atoms with Crippen molar-refractivity contribution < 1.29 is 23.4 Å². The summed E-state index contributed by atoms with van der Waals surface area (Å²) < 4.78 is 35.3. The van der Waals surface area contributed by atoms with Crippen molar-refractivity contribution in [3.05, 3.63) is 53.7 Å². The number of benzene rings is 2. The quantitative estimate of drug-likeness (QED) is 0.421. The fourth-order valence-corrected chi connectivity index (χ4v) is 4.53. The smallest absolute Gasteiger partial charge is 0.255 e. The Hall–Kier alpha value is -3.04. The average Bonchev–Trinajstić information content (AvgIpc) is 3.24. The lowest BCUT2D eigenvalue weighted by Gasteiger charge is -2.28. The third kappa shape index (κ3) is 6.39. The van der Waals surface area contributed by atoms with Gasteiger partial charge in [-0.05, 0) is 62.5 Å². The molecular weight excluding hydrogens is 466 g/mol. The lowest BCUT2D eigenvalue weighted by molar-refractivity contribution is 0.0903. The van der Waals surface area contributed by atoms with Gasteiger partial charge in [-0.15, -0.1) is 0 Å². The maximum absolute atomic E-state index is 14.4. The number of carbonyl (C=O) groups excluding carboxylic acids is 1. The molecule has 9 heteroatoms. The summed E-state index contributed by atoms with van der Waals surface area (Å²) in [5, 5.41) is 18.0. The van der Waals surface area contributed by atoms with Gasteiger partial charge < -0.3 is 20.1 Å². The number of carbonyl (C=O) groups is 1. The Morgan fingerprint density at radius 2 is 1.92 bits per heavy atom. The van der Waals surface area contributed by atoms with Gasteiger partial charge in [0, 0.05) is 24.5 Å². The first-order valence-corrected chi connectivity index (χ1v) is 12.6. The summed E-state index contributed by atoms with van der Waals surface area (Å²) in [6, 6.07) is 5.89. The van der Waals surface area contributed by atoms with Crippen LogP contribution in [0.25, 0.3) is 10.9 Å². The van der Waals surface area contributed by atoms with Crippen molar-refractivity contribution in [3.63, 3.8) is 0 Å². The number of hydrogen-bond donors (Lipinski definition) is 2. The number of piperidine rings is 1. The highest BCUT2D eigenvalue weighted by atomic mass is 19.1. The average molecular weight is 501 g/mol. The Kier molecular flexibility index (Phi) is 8.53. The van der Waals surface area contributed by atoms with Gasteiger partial charge in [-0.1, -0.05) is 20.3 Å². The molecule has 2 aromatic carbocycles. The molecule has 1 atom stereocenters. The number of likely N-dealkylation sites (tertiary alicyclic amines) is 1. The van der Waals surface area contributed by atoms with Gasteiger partial charge in [-0.3, -0.25) is 9.48 Å². The summed E-state index contributed by atoms with van der Waals surface area (Å²) >= 11 is 0. The van der Waals surface area contributed by atoms with E-state index in [-0.39, 0.29) is 23.7 Å². The number of nitrogens with zero attached hydrogens (tertiary/aromatic N) is 3. The molecule has 2 heterocycles. The molecule has 1 aliphatic rings. The number of nitrogens with one attached hydrogen (secondary N) is 1. The van der Waals surface area contributed by atoms with Crippen molar-refractivity contribution in [2.24, 2.45) is 5.92 Å². The Morgan fingerprint density at radius 1 is 1.14 bits per heavy atom. The van der Waals surface area contributed by atoms with E-state index in [0.717, 1.165) is 42.7 Å². The van der Waals surface area contributed by atoms with E-state index in [4.69, 9.17) is 4.74 Å². The van der Waals surface area contributed by atoms with E-state index in [1.807, 2.05) is 4.68 Å². The van der Waals surface area contributed by atoms with Gasteiger partial charge in [-0.25, -0.2) is 8.78 Å². The van der Waals surface area contributed by atoms with Crippen LogP contribution in [0.2, 0.25) is 0 Å². The summed E-state index contributed by atoms with van der Waals surface area (Å²) in [6.45, 7) is 7.46. The molecule has 36 heavy (non-hydrogen) atoms. The predicted molar refractivity (Wildman–Crippen MR) is 134 cm³/mol. The Morgan fingerprint density at radius 3 is 2.61 bits per heavy atom. The third-order valence-corrected chi connectivity index (χ3v) is 6.44. The highest BCUT2D eigenvalue weighted by Crippen LogP contribution is 2.32. The highest BCUT2D eigenvalue weighted by Gasteiger charge is 2.22. The minimum absolute atomic E-state index is 0.127. The van der Waals surface area contributed by atoms with Gasteiger partial charge in [0.2, 0.25) is 0 Å². The zero-order valence-electron chi connectivity index (χ0n) is 20.8. The molecule has 0 radical (unpaired) electrons. The van der Waals surface area contributed by atoms with E-state index in [0.29, 0.717) is 18.9 Å². The molecule has 0 bridgehead atoms. The van der Waals surface area contributed by atoms with Crippen molar-refractivity contribution in [2.75, 3.05) is 26.2 Å². The summed E-state index contributed by atoms with van der Waals surface area (Å²) in [5.74, 6) is -1.76. The van der Waals surface area contributed by atoms with Crippen molar-refractivity contribution in [3.8, 4) is 11.5 Å². The zero-order valence-corrected chi connectivity index (χ0v) is 20.8. The molecule has 0 saturated carbocycles.